The molecule has 0 saturated heterocycles. The molecule has 136 valence electrons. The van der Waals surface area contributed by atoms with Gasteiger partial charge >= 0.3 is 0 Å². The van der Waals surface area contributed by atoms with Crippen LogP contribution in [0.25, 0.3) is 11.8 Å². The zero-order valence-corrected chi connectivity index (χ0v) is 15.0. The van der Waals surface area contributed by atoms with Crippen LogP contribution in [0.2, 0.25) is 0 Å². The Bertz CT molecular complexity index is 848. The molecule has 0 radical (unpaired) electrons. The number of carbonyl (C=O) groups is 1. The van der Waals surface area contributed by atoms with Gasteiger partial charge < -0.3 is 10.1 Å². The Balaban J connectivity index is 2.27. The van der Waals surface area contributed by atoms with Crippen LogP contribution in [-0.2, 0) is 9.53 Å². The van der Waals surface area contributed by atoms with Gasteiger partial charge in [-0.1, -0.05) is 0 Å². The monoisotopic (exact) mass is 356 g/mol. The topological polar surface area (TPSA) is 79.9 Å². The van der Waals surface area contributed by atoms with Gasteiger partial charge in [0.1, 0.15) is 17.5 Å². The van der Waals surface area contributed by atoms with Crippen molar-refractivity contribution in [3.63, 3.8) is 0 Å². The molecule has 0 fully saturated rings. The molecule has 0 unspecified atom stereocenters. The lowest BCUT2D eigenvalue weighted by Gasteiger charge is -2.05. The second kappa shape index (κ2) is 8.92. The first kappa shape index (κ1) is 19.3. The van der Waals surface area contributed by atoms with Gasteiger partial charge in [-0.25, -0.2) is 9.07 Å². The van der Waals surface area contributed by atoms with E-state index in [-0.39, 0.29) is 11.4 Å². The highest BCUT2D eigenvalue weighted by atomic mass is 19.1. The number of nitriles is 1. The summed E-state index contributed by atoms with van der Waals surface area (Å²) in [5, 5.41) is 16.5. The molecule has 1 aromatic carbocycles. The molecule has 26 heavy (non-hydrogen) atoms. The van der Waals surface area contributed by atoms with Gasteiger partial charge in [0.2, 0.25) is 0 Å². The second-order valence-electron chi connectivity index (χ2n) is 5.74. The number of methoxy groups -OCH3 is 1. The molecule has 0 saturated carbocycles. The van der Waals surface area contributed by atoms with Gasteiger partial charge in [0.15, 0.2) is 0 Å². The van der Waals surface area contributed by atoms with E-state index >= 15 is 0 Å². The van der Waals surface area contributed by atoms with Gasteiger partial charge in [-0.05, 0) is 50.6 Å². The fourth-order valence-electron chi connectivity index (χ4n) is 2.50. The first-order chi connectivity index (χ1) is 12.5. The van der Waals surface area contributed by atoms with Crippen LogP contribution in [0, 0.1) is 31.0 Å². The van der Waals surface area contributed by atoms with Crippen molar-refractivity contribution in [2.45, 2.75) is 20.3 Å². The highest BCUT2D eigenvalue weighted by molar-refractivity contribution is 6.01. The molecule has 0 aliphatic rings. The van der Waals surface area contributed by atoms with Crippen molar-refractivity contribution in [3.8, 4) is 11.8 Å². The minimum absolute atomic E-state index is 0.00673. The maximum absolute atomic E-state index is 13.1. The number of aryl methyl sites for hydroxylation is 1. The van der Waals surface area contributed by atoms with Crippen molar-refractivity contribution in [2.24, 2.45) is 0 Å². The highest BCUT2D eigenvalue weighted by Crippen LogP contribution is 2.21. The summed E-state index contributed by atoms with van der Waals surface area (Å²) in [4.78, 5) is 12.2. The number of carbonyl (C=O) groups excluding carboxylic acids is 1. The Morgan fingerprint density at radius 1 is 1.38 bits per heavy atom. The Kier molecular flexibility index (Phi) is 6.64. The van der Waals surface area contributed by atoms with Crippen LogP contribution in [-0.4, -0.2) is 35.9 Å². The molecular formula is C19H21FN4O2. The molecule has 0 spiro atoms. The third kappa shape index (κ3) is 4.55. The number of benzene rings is 1. The van der Waals surface area contributed by atoms with E-state index in [2.05, 4.69) is 10.4 Å². The number of nitrogens with zero attached hydrogens (tertiary/aromatic N) is 3. The molecule has 0 atom stereocenters. The fraction of sp³-hybridized carbons (Fsp3) is 0.316. The number of amides is 1. The zero-order valence-electron chi connectivity index (χ0n) is 15.0. The average molecular weight is 356 g/mol. The first-order valence-corrected chi connectivity index (χ1v) is 8.19. The Labute approximate surface area is 151 Å². The summed E-state index contributed by atoms with van der Waals surface area (Å²) in [5.74, 6) is -0.760. The van der Waals surface area contributed by atoms with Crippen molar-refractivity contribution < 1.29 is 13.9 Å². The van der Waals surface area contributed by atoms with Crippen LogP contribution in [0.3, 0.4) is 0 Å². The van der Waals surface area contributed by atoms with Crippen LogP contribution in [0.15, 0.2) is 29.8 Å². The average Bonchev–Trinajstić information content (AvgIpc) is 2.91. The summed E-state index contributed by atoms with van der Waals surface area (Å²) in [6.07, 6.45) is 2.20. The van der Waals surface area contributed by atoms with Crippen molar-refractivity contribution in [2.75, 3.05) is 20.3 Å². The lowest BCUT2D eigenvalue weighted by Crippen LogP contribution is -2.26. The zero-order chi connectivity index (χ0) is 19.1. The van der Waals surface area contributed by atoms with E-state index in [9.17, 15) is 14.4 Å². The smallest absolute Gasteiger partial charge is 0.261 e. The van der Waals surface area contributed by atoms with Gasteiger partial charge in [0.25, 0.3) is 5.91 Å². The molecule has 1 amide bonds. The van der Waals surface area contributed by atoms with Crippen LogP contribution in [0.5, 0.6) is 0 Å². The number of nitrogens with one attached hydrogen (secondary N) is 1. The molecule has 7 heteroatoms. The molecule has 0 bridgehead atoms. The molecular weight excluding hydrogens is 335 g/mol. The van der Waals surface area contributed by atoms with Gasteiger partial charge in [-0.15, -0.1) is 0 Å². The second-order valence-corrected chi connectivity index (χ2v) is 5.74. The van der Waals surface area contributed by atoms with E-state index in [1.165, 1.54) is 18.2 Å². The largest absolute Gasteiger partial charge is 0.385 e. The van der Waals surface area contributed by atoms with Crippen LogP contribution >= 0.6 is 0 Å². The van der Waals surface area contributed by atoms with Crippen molar-refractivity contribution in [1.82, 2.24) is 15.1 Å². The molecule has 2 rings (SSSR count). The number of rotatable bonds is 7. The van der Waals surface area contributed by atoms with Crippen LogP contribution in [0.4, 0.5) is 4.39 Å². The summed E-state index contributed by atoms with van der Waals surface area (Å²) in [7, 11) is 1.59. The minimum atomic E-state index is -0.433. The maximum Gasteiger partial charge on any atom is 0.261 e. The highest BCUT2D eigenvalue weighted by Gasteiger charge is 2.15. The normalized spacial score (nSPS) is 11.3. The maximum atomic E-state index is 13.1. The van der Waals surface area contributed by atoms with Gasteiger partial charge in [-0.3, -0.25) is 4.79 Å². The summed E-state index contributed by atoms with van der Waals surface area (Å²) in [5.41, 5.74) is 2.83. The summed E-state index contributed by atoms with van der Waals surface area (Å²) in [6, 6.07) is 7.89. The SMILES string of the molecule is COCCCNC(=O)/C(C#N)=C/c1c(C)nn(-c2ccc(F)cc2)c1C. The predicted octanol–water partition coefficient (Wildman–Crippen LogP) is 2.69. The molecule has 2 aromatic rings. The van der Waals surface area contributed by atoms with E-state index < -0.39 is 5.91 Å². The lowest BCUT2D eigenvalue weighted by molar-refractivity contribution is -0.117. The van der Waals surface area contributed by atoms with E-state index in [4.69, 9.17) is 4.74 Å². The third-order valence-corrected chi connectivity index (χ3v) is 3.88. The summed E-state index contributed by atoms with van der Waals surface area (Å²) in [6.45, 7) is 4.60. The van der Waals surface area contributed by atoms with Gasteiger partial charge in [0, 0.05) is 31.5 Å². The number of aromatic nitrogens is 2. The number of ether oxygens (including phenoxy) is 1. The number of halogens is 1. The van der Waals surface area contributed by atoms with Gasteiger partial charge in [-0.2, -0.15) is 10.4 Å². The molecule has 1 aromatic heterocycles. The third-order valence-electron chi connectivity index (χ3n) is 3.88. The molecule has 1 N–H and O–H groups in total. The van der Waals surface area contributed by atoms with E-state index in [0.29, 0.717) is 36.5 Å². The van der Waals surface area contributed by atoms with Crippen LogP contribution < -0.4 is 5.32 Å². The Morgan fingerprint density at radius 3 is 2.69 bits per heavy atom. The van der Waals surface area contributed by atoms with Crippen molar-refractivity contribution >= 4 is 12.0 Å². The molecule has 0 aliphatic heterocycles. The fourth-order valence-corrected chi connectivity index (χ4v) is 2.50. The van der Waals surface area contributed by atoms with E-state index in [1.807, 2.05) is 13.0 Å². The van der Waals surface area contributed by atoms with Crippen molar-refractivity contribution in [3.05, 3.63) is 52.6 Å². The Morgan fingerprint density at radius 2 is 2.08 bits per heavy atom. The number of hydrogen-bond donors (Lipinski definition) is 1. The van der Waals surface area contributed by atoms with E-state index in [0.717, 1.165) is 5.69 Å². The first-order valence-electron chi connectivity index (χ1n) is 8.19. The number of hydrogen-bond acceptors (Lipinski definition) is 4. The molecule has 0 aliphatic carbocycles. The van der Waals surface area contributed by atoms with Crippen LogP contribution in [0.1, 0.15) is 23.4 Å². The Hall–Kier alpha value is -2.98. The minimum Gasteiger partial charge on any atom is -0.385 e. The lowest BCUT2D eigenvalue weighted by atomic mass is 10.1. The van der Waals surface area contributed by atoms with Crippen molar-refractivity contribution in [1.29, 1.82) is 5.26 Å². The van der Waals surface area contributed by atoms with E-state index in [1.54, 1.807) is 30.8 Å². The molecule has 1 heterocycles. The summed E-state index contributed by atoms with van der Waals surface area (Å²) < 4.78 is 19.7. The van der Waals surface area contributed by atoms with Gasteiger partial charge in [0.05, 0.1) is 11.4 Å². The summed E-state index contributed by atoms with van der Waals surface area (Å²) >= 11 is 0. The quantitative estimate of drug-likeness (QED) is 0.470. The predicted molar refractivity (Wildman–Crippen MR) is 96.1 cm³/mol. The standard InChI is InChI=1S/C19H21FN4O2/c1-13-18(11-15(12-21)19(25)22-9-4-10-26-3)14(2)24(23-13)17-7-5-16(20)6-8-17/h5-8,11H,4,9-10H2,1-3H3,(H,22,25)/b15-11+. The molecule has 6 nitrogen and oxygen atoms in total.